The molecule has 0 aliphatic rings. The number of para-hydroxylation sites is 2. The van der Waals surface area contributed by atoms with E-state index in [1.165, 1.54) is 80.6 Å². The van der Waals surface area contributed by atoms with Gasteiger partial charge in [-0.15, -0.1) is 11.3 Å². The Morgan fingerprint density at radius 3 is 2.08 bits per heavy atom. The second-order valence-corrected chi connectivity index (χ2v) is 11.4. The molecule has 3 heterocycles. The number of benzene rings is 6. The van der Waals surface area contributed by atoms with Crippen molar-refractivity contribution in [2.24, 2.45) is 0 Å². The predicted octanol–water partition coefficient (Wildman–Crippen LogP) is 10.5. The lowest BCUT2D eigenvalue weighted by molar-refractivity contribution is 1.19. The minimum absolute atomic E-state index is 1.17. The van der Waals surface area contributed by atoms with Crippen LogP contribution in [0, 0.1) is 0 Å². The lowest BCUT2D eigenvalue weighted by Gasteiger charge is -2.10. The third kappa shape index (κ3) is 3.02. The summed E-state index contributed by atoms with van der Waals surface area (Å²) in [6.45, 7) is 0. The monoisotopic (exact) mass is 514 g/mol. The van der Waals surface area contributed by atoms with Gasteiger partial charge in [0, 0.05) is 58.4 Å². The largest absolute Gasteiger partial charge is 0.355 e. The third-order valence-electron chi connectivity index (χ3n) is 8.13. The normalized spacial score (nSPS) is 12.1. The highest BCUT2D eigenvalue weighted by molar-refractivity contribution is 7.25. The summed E-state index contributed by atoms with van der Waals surface area (Å²) in [6.07, 6.45) is 0. The van der Waals surface area contributed by atoms with Gasteiger partial charge in [0.05, 0.1) is 11.0 Å². The number of H-pyrrole nitrogens is 1. The van der Waals surface area contributed by atoms with E-state index < -0.39 is 0 Å². The lowest BCUT2D eigenvalue weighted by Crippen LogP contribution is -1.93. The Hall–Kier alpha value is -4.86. The second kappa shape index (κ2) is 7.83. The van der Waals surface area contributed by atoms with Crippen molar-refractivity contribution < 1.29 is 0 Å². The fraction of sp³-hybridized carbons (Fsp3) is 0. The standard InChI is InChI=1S/C36H22N2S/c1-4-10-31-25(7-1)29-19-22(14-17-32(29)37-31)23-13-16-27-26-8-2-5-11-33(26)38(34(27)20-23)24-15-18-36-30(21-24)28-9-3-6-12-35(28)39-36/h1-21,37H. The molecule has 9 rings (SSSR count). The van der Waals surface area contributed by atoms with Crippen molar-refractivity contribution >= 4 is 75.1 Å². The van der Waals surface area contributed by atoms with E-state index in [9.17, 15) is 0 Å². The number of nitrogens with zero attached hydrogens (tertiary/aromatic N) is 1. The first-order valence-electron chi connectivity index (χ1n) is 13.3. The summed E-state index contributed by atoms with van der Waals surface area (Å²) in [7, 11) is 0. The highest BCUT2D eigenvalue weighted by Crippen LogP contribution is 2.39. The Morgan fingerprint density at radius 1 is 0.436 bits per heavy atom. The average Bonchev–Trinajstić information content (AvgIpc) is 3.65. The Labute approximate surface area is 228 Å². The number of hydrogen-bond acceptors (Lipinski definition) is 1. The van der Waals surface area contributed by atoms with E-state index in [1.54, 1.807) is 0 Å². The van der Waals surface area contributed by atoms with Crippen LogP contribution in [0.4, 0.5) is 0 Å². The number of aromatic amines is 1. The molecule has 3 heteroatoms. The van der Waals surface area contributed by atoms with Crippen molar-refractivity contribution in [1.82, 2.24) is 9.55 Å². The molecule has 1 N–H and O–H groups in total. The molecule has 0 bridgehead atoms. The summed E-state index contributed by atoms with van der Waals surface area (Å²) in [5.74, 6) is 0. The summed E-state index contributed by atoms with van der Waals surface area (Å²) in [4.78, 5) is 3.56. The van der Waals surface area contributed by atoms with Gasteiger partial charge in [-0.05, 0) is 65.7 Å². The van der Waals surface area contributed by atoms with Gasteiger partial charge >= 0.3 is 0 Å². The molecule has 0 radical (unpaired) electrons. The minimum atomic E-state index is 1.17. The maximum Gasteiger partial charge on any atom is 0.0547 e. The van der Waals surface area contributed by atoms with Gasteiger partial charge in [-0.25, -0.2) is 0 Å². The first kappa shape index (κ1) is 21.1. The van der Waals surface area contributed by atoms with Crippen molar-refractivity contribution in [2.75, 3.05) is 0 Å². The smallest absolute Gasteiger partial charge is 0.0547 e. The number of nitrogens with one attached hydrogen (secondary N) is 1. The van der Waals surface area contributed by atoms with Crippen LogP contribution >= 0.6 is 11.3 Å². The van der Waals surface area contributed by atoms with Crippen LogP contribution in [0.25, 0.3) is 80.6 Å². The van der Waals surface area contributed by atoms with Crippen LogP contribution in [-0.2, 0) is 0 Å². The highest BCUT2D eigenvalue weighted by Gasteiger charge is 2.15. The molecular formula is C36H22N2S. The highest BCUT2D eigenvalue weighted by atomic mass is 32.1. The molecule has 3 aromatic heterocycles. The SMILES string of the molecule is c1ccc2c(c1)[nH]c1ccc(-c3ccc4c5ccccc5n(-c5ccc6sc7ccccc7c6c5)c4c3)cc12. The zero-order chi connectivity index (χ0) is 25.5. The first-order chi connectivity index (χ1) is 19.3. The number of thiophene rings is 1. The van der Waals surface area contributed by atoms with Crippen LogP contribution in [0.5, 0.6) is 0 Å². The molecule has 9 aromatic rings. The summed E-state index contributed by atoms with van der Waals surface area (Å²) in [6, 6.07) is 46.6. The summed E-state index contributed by atoms with van der Waals surface area (Å²) in [5.41, 5.74) is 8.46. The van der Waals surface area contributed by atoms with Gasteiger partial charge in [0.2, 0.25) is 0 Å². The van der Waals surface area contributed by atoms with E-state index in [1.807, 2.05) is 11.3 Å². The number of rotatable bonds is 2. The summed E-state index contributed by atoms with van der Waals surface area (Å²) >= 11 is 1.87. The van der Waals surface area contributed by atoms with Gasteiger partial charge < -0.3 is 9.55 Å². The molecule has 6 aromatic carbocycles. The van der Waals surface area contributed by atoms with E-state index in [0.29, 0.717) is 0 Å². The second-order valence-electron chi connectivity index (χ2n) is 10.3. The van der Waals surface area contributed by atoms with Crippen molar-refractivity contribution in [3.63, 3.8) is 0 Å². The van der Waals surface area contributed by atoms with Crippen LogP contribution in [0.2, 0.25) is 0 Å². The fourth-order valence-electron chi connectivity index (χ4n) is 6.31. The van der Waals surface area contributed by atoms with Gasteiger partial charge in [-0.1, -0.05) is 72.8 Å². The van der Waals surface area contributed by atoms with Crippen LogP contribution < -0.4 is 0 Å². The minimum Gasteiger partial charge on any atom is -0.355 e. The number of hydrogen-bond donors (Lipinski definition) is 1. The summed E-state index contributed by atoms with van der Waals surface area (Å²) in [5, 5.41) is 7.73. The summed E-state index contributed by atoms with van der Waals surface area (Å²) < 4.78 is 5.10. The Kier molecular flexibility index (Phi) is 4.24. The van der Waals surface area contributed by atoms with Crippen molar-refractivity contribution in [2.45, 2.75) is 0 Å². The topological polar surface area (TPSA) is 20.7 Å². The van der Waals surface area contributed by atoms with E-state index in [-0.39, 0.29) is 0 Å². The van der Waals surface area contributed by atoms with E-state index in [0.717, 1.165) is 0 Å². The molecule has 0 saturated heterocycles. The van der Waals surface area contributed by atoms with Crippen molar-refractivity contribution in [3.05, 3.63) is 127 Å². The van der Waals surface area contributed by atoms with E-state index in [2.05, 4.69) is 137 Å². The maximum absolute atomic E-state index is 3.56. The van der Waals surface area contributed by atoms with E-state index in [4.69, 9.17) is 0 Å². The Bertz CT molecular complexity index is 2400. The molecule has 0 aliphatic carbocycles. The third-order valence-corrected chi connectivity index (χ3v) is 9.28. The zero-order valence-electron chi connectivity index (χ0n) is 21.0. The molecule has 0 saturated carbocycles. The van der Waals surface area contributed by atoms with Crippen molar-refractivity contribution in [3.8, 4) is 16.8 Å². The molecule has 0 unspecified atom stereocenters. The van der Waals surface area contributed by atoms with E-state index >= 15 is 0 Å². The Morgan fingerprint density at radius 2 is 1.13 bits per heavy atom. The molecule has 0 fully saturated rings. The lowest BCUT2D eigenvalue weighted by atomic mass is 10.0. The van der Waals surface area contributed by atoms with Gasteiger partial charge in [0.15, 0.2) is 0 Å². The molecule has 0 aliphatic heterocycles. The van der Waals surface area contributed by atoms with Crippen molar-refractivity contribution in [1.29, 1.82) is 0 Å². The first-order valence-corrected chi connectivity index (χ1v) is 14.1. The number of aromatic nitrogens is 2. The predicted molar refractivity (Wildman–Crippen MR) is 168 cm³/mol. The van der Waals surface area contributed by atoms with Crippen LogP contribution in [0.15, 0.2) is 127 Å². The van der Waals surface area contributed by atoms with Gasteiger partial charge in [0.1, 0.15) is 0 Å². The Balaban J connectivity index is 1.31. The molecule has 0 spiro atoms. The molecule has 0 amide bonds. The molecule has 182 valence electrons. The maximum atomic E-state index is 3.56. The van der Waals surface area contributed by atoms with Crippen LogP contribution in [-0.4, -0.2) is 9.55 Å². The average molecular weight is 515 g/mol. The molecule has 2 nitrogen and oxygen atoms in total. The van der Waals surface area contributed by atoms with Crippen LogP contribution in [0.3, 0.4) is 0 Å². The quantitative estimate of drug-likeness (QED) is 0.237. The fourth-order valence-corrected chi connectivity index (χ4v) is 7.40. The number of fused-ring (bicyclic) bond motifs is 9. The molecule has 39 heavy (non-hydrogen) atoms. The zero-order valence-corrected chi connectivity index (χ0v) is 21.8. The molecular weight excluding hydrogens is 492 g/mol. The van der Waals surface area contributed by atoms with Gasteiger partial charge in [0.25, 0.3) is 0 Å². The van der Waals surface area contributed by atoms with Crippen LogP contribution in [0.1, 0.15) is 0 Å². The molecule has 0 atom stereocenters. The van der Waals surface area contributed by atoms with Gasteiger partial charge in [-0.2, -0.15) is 0 Å². The van der Waals surface area contributed by atoms with Gasteiger partial charge in [-0.3, -0.25) is 0 Å².